The third-order valence-corrected chi connectivity index (χ3v) is 4.19. The molecule has 6 nitrogen and oxygen atoms in total. The van der Waals surface area contributed by atoms with Crippen LogP contribution in [0.15, 0.2) is 30.5 Å². The van der Waals surface area contributed by atoms with Gasteiger partial charge in [-0.05, 0) is 12.1 Å². The Labute approximate surface area is 142 Å². The zero-order valence-electron chi connectivity index (χ0n) is 12.1. The summed E-state index contributed by atoms with van der Waals surface area (Å²) < 4.78 is 6.91. The summed E-state index contributed by atoms with van der Waals surface area (Å²) in [5.74, 6) is 0.944. The van der Waals surface area contributed by atoms with Crippen LogP contribution in [0, 0.1) is 0 Å². The second-order valence-corrected chi connectivity index (χ2v) is 5.98. The van der Waals surface area contributed by atoms with Crippen LogP contribution >= 0.6 is 23.2 Å². The van der Waals surface area contributed by atoms with Crippen LogP contribution in [-0.4, -0.2) is 45.9 Å². The predicted molar refractivity (Wildman–Crippen MR) is 89.3 cm³/mol. The van der Waals surface area contributed by atoms with Crippen LogP contribution in [0.1, 0.15) is 0 Å². The molecule has 0 aliphatic carbocycles. The number of hydrogen-bond acceptors (Lipinski definition) is 5. The van der Waals surface area contributed by atoms with E-state index in [1.54, 1.807) is 10.6 Å². The molecule has 118 valence electrons. The van der Waals surface area contributed by atoms with Gasteiger partial charge < -0.3 is 9.64 Å². The fourth-order valence-corrected chi connectivity index (χ4v) is 3.04. The zero-order chi connectivity index (χ0) is 15.8. The number of nitrogens with zero attached hydrogens (tertiary/aromatic N) is 5. The minimum atomic E-state index is 0.342. The van der Waals surface area contributed by atoms with E-state index < -0.39 is 0 Å². The SMILES string of the molecule is Clc1cc(Cl)n2nc(-c3ccc(N4CCOCC4)nc3)cc2n1. The fraction of sp³-hybridized carbons (Fsp3) is 0.267. The third-order valence-electron chi connectivity index (χ3n) is 3.73. The maximum atomic E-state index is 6.13. The Balaban J connectivity index is 1.66. The Kier molecular flexibility index (Phi) is 3.80. The van der Waals surface area contributed by atoms with Crippen molar-refractivity contribution in [2.45, 2.75) is 0 Å². The van der Waals surface area contributed by atoms with Crippen LogP contribution in [0.2, 0.25) is 10.3 Å². The highest BCUT2D eigenvalue weighted by Crippen LogP contribution is 2.24. The molecule has 3 aromatic heterocycles. The first-order valence-corrected chi connectivity index (χ1v) is 7.97. The average Bonchev–Trinajstić information content (AvgIpc) is 3.00. The Bertz CT molecular complexity index is 843. The van der Waals surface area contributed by atoms with Crippen LogP contribution < -0.4 is 4.90 Å². The van der Waals surface area contributed by atoms with E-state index in [9.17, 15) is 0 Å². The first-order valence-electron chi connectivity index (χ1n) is 7.22. The molecule has 23 heavy (non-hydrogen) atoms. The molecule has 3 aromatic rings. The molecule has 1 aliphatic heterocycles. The van der Waals surface area contributed by atoms with Crippen molar-refractivity contribution in [3.8, 4) is 11.3 Å². The molecule has 1 aliphatic rings. The summed E-state index contributed by atoms with van der Waals surface area (Å²) in [6.07, 6.45) is 1.81. The molecule has 1 fully saturated rings. The predicted octanol–water partition coefficient (Wildman–Crippen LogP) is 2.93. The number of fused-ring (bicyclic) bond motifs is 1. The van der Waals surface area contributed by atoms with Crippen LogP contribution in [0.3, 0.4) is 0 Å². The first kappa shape index (κ1) is 14.7. The standard InChI is InChI=1S/C15H13Cl2N5O/c16-12-8-13(17)22-15(19-12)7-11(20-22)10-1-2-14(18-9-10)21-3-5-23-6-4-21/h1-2,7-9H,3-6H2. The van der Waals surface area contributed by atoms with Gasteiger partial charge in [0, 0.05) is 37.0 Å². The highest BCUT2D eigenvalue weighted by Gasteiger charge is 2.13. The van der Waals surface area contributed by atoms with Crippen molar-refractivity contribution in [1.29, 1.82) is 0 Å². The first-order chi connectivity index (χ1) is 11.2. The van der Waals surface area contributed by atoms with Gasteiger partial charge in [0.05, 0.1) is 18.9 Å². The summed E-state index contributed by atoms with van der Waals surface area (Å²) in [5, 5.41) is 5.22. The molecular weight excluding hydrogens is 337 g/mol. The lowest BCUT2D eigenvalue weighted by Gasteiger charge is -2.27. The number of ether oxygens (including phenoxy) is 1. The highest BCUT2D eigenvalue weighted by molar-refractivity contribution is 6.33. The maximum Gasteiger partial charge on any atom is 0.159 e. The van der Waals surface area contributed by atoms with Gasteiger partial charge in [0.1, 0.15) is 16.1 Å². The number of pyridine rings is 1. The van der Waals surface area contributed by atoms with Gasteiger partial charge in [-0.2, -0.15) is 5.10 Å². The van der Waals surface area contributed by atoms with E-state index in [0.717, 1.165) is 43.4 Å². The van der Waals surface area contributed by atoms with Gasteiger partial charge in [-0.3, -0.25) is 0 Å². The number of hydrogen-bond donors (Lipinski definition) is 0. The van der Waals surface area contributed by atoms with Crippen molar-refractivity contribution in [2.24, 2.45) is 0 Å². The second kappa shape index (κ2) is 5.96. The smallest absolute Gasteiger partial charge is 0.159 e. The van der Waals surface area contributed by atoms with Gasteiger partial charge in [-0.15, -0.1) is 0 Å². The molecule has 0 atom stereocenters. The molecule has 0 bridgehead atoms. The van der Waals surface area contributed by atoms with Gasteiger partial charge in [0.25, 0.3) is 0 Å². The van der Waals surface area contributed by atoms with Crippen LogP contribution in [0.5, 0.6) is 0 Å². The monoisotopic (exact) mass is 349 g/mol. The summed E-state index contributed by atoms with van der Waals surface area (Å²) in [5.41, 5.74) is 2.26. The van der Waals surface area contributed by atoms with Crippen LogP contribution in [0.25, 0.3) is 16.9 Å². The normalized spacial score (nSPS) is 15.3. The second-order valence-electron chi connectivity index (χ2n) is 5.21. The Morgan fingerprint density at radius 3 is 2.65 bits per heavy atom. The number of rotatable bonds is 2. The molecule has 0 amide bonds. The molecule has 4 rings (SSSR count). The number of halogens is 2. The molecule has 0 saturated carbocycles. The van der Waals surface area contributed by atoms with Gasteiger partial charge in [0.2, 0.25) is 0 Å². The minimum absolute atomic E-state index is 0.342. The lowest BCUT2D eigenvalue weighted by atomic mass is 10.2. The lowest BCUT2D eigenvalue weighted by Crippen LogP contribution is -2.36. The van der Waals surface area contributed by atoms with E-state index in [2.05, 4.69) is 20.0 Å². The van der Waals surface area contributed by atoms with E-state index in [1.807, 2.05) is 24.4 Å². The molecular formula is C15H13Cl2N5O. The maximum absolute atomic E-state index is 6.13. The summed E-state index contributed by atoms with van der Waals surface area (Å²) in [4.78, 5) is 10.9. The summed E-state index contributed by atoms with van der Waals surface area (Å²) in [6, 6.07) is 7.39. The number of aromatic nitrogens is 4. The van der Waals surface area contributed by atoms with Crippen LogP contribution in [0.4, 0.5) is 5.82 Å². The van der Waals surface area contributed by atoms with Gasteiger partial charge in [-0.1, -0.05) is 23.2 Å². The summed E-state index contributed by atoms with van der Waals surface area (Å²) >= 11 is 12.1. The summed E-state index contributed by atoms with van der Waals surface area (Å²) in [7, 11) is 0. The van der Waals surface area contributed by atoms with E-state index in [1.165, 1.54) is 0 Å². The van der Waals surface area contributed by atoms with Crippen molar-refractivity contribution in [3.63, 3.8) is 0 Å². The Morgan fingerprint density at radius 2 is 1.91 bits per heavy atom. The van der Waals surface area contributed by atoms with Gasteiger partial charge in [0.15, 0.2) is 5.65 Å². The number of anilines is 1. The molecule has 0 N–H and O–H groups in total. The topological polar surface area (TPSA) is 55.5 Å². The molecule has 0 radical (unpaired) electrons. The van der Waals surface area contributed by atoms with Crippen molar-refractivity contribution in [1.82, 2.24) is 19.6 Å². The fourth-order valence-electron chi connectivity index (χ4n) is 2.57. The molecule has 1 saturated heterocycles. The van der Waals surface area contributed by atoms with E-state index in [4.69, 9.17) is 27.9 Å². The zero-order valence-corrected chi connectivity index (χ0v) is 13.6. The molecule has 8 heteroatoms. The van der Waals surface area contributed by atoms with Crippen molar-refractivity contribution in [3.05, 3.63) is 40.8 Å². The average molecular weight is 350 g/mol. The van der Waals surface area contributed by atoms with E-state index in [-0.39, 0.29) is 0 Å². The van der Waals surface area contributed by atoms with Gasteiger partial charge >= 0.3 is 0 Å². The highest BCUT2D eigenvalue weighted by atomic mass is 35.5. The van der Waals surface area contributed by atoms with Crippen LogP contribution in [-0.2, 0) is 4.74 Å². The molecule has 0 aromatic carbocycles. The lowest BCUT2D eigenvalue weighted by molar-refractivity contribution is 0.122. The molecule has 0 unspecified atom stereocenters. The van der Waals surface area contributed by atoms with E-state index >= 15 is 0 Å². The third kappa shape index (κ3) is 2.85. The van der Waals surface area contributed by atoms with Crippen molar-refractivity contribution in [2.75, 3.05) is 31.2 Å². The van der Waals surface area contributed by atoms with E-state index in [0.29, 0.717) is 16.0 Å². The molecule has 0 spiro atoms. The van der Waals surface area contributed by atoms with Gasteiger partial charge in [-0.25, -0.2) is 14.5 Å². The summed E-state index contributed by atoms with van der Waals surface area (Å²) in [6.45, 7) is 3.19. The minimum Gasteiger partial charge on any atom is -0.378 e. The Hall–Kier alpha value is -1.89. The van der Waals surface area contributed by atoms with Crippen molar-refractivity contribution < 1.29 is 4.74 Å². The molecule has 4 heterocycles. The Morgan fingerprint density at radius 1 is 1.09 bits per heavy atom. The quantitative estimate of drug-likeness (QED) is 0.665. The van der Waals surface area contributed by atoms with Crippen molar-refractivity contribution >= 4 is 34.7 Å². The number of morpholine rings is 1. The largest absolute Gasteiger partial charge is 0.378 e.